The molecular weight excluding hydrogens is 248 g/mol. The van der Waals surface area contributed by atoms with Gasteiger partial charge in [-0.1, -0.05) is 0 Å². The predicted molar refractivity (Wildman–Crippen MR) is 69.6 cm³/mol. The maximum atomic E-state index is 9.27. The third-order valence-corrected chi connectivity index (χ3v) is 3.45. The van der Waals surface area contributed by atoms with E-state index in [4.69, 9.17) is 11.5 Å². The molecule has 100 valence electrons. The molecule has 0 aliphatic heterocycles. The van der Waals surface area contributed by atoms with Crippen molar-refractivity contribution in [2.24, 2.45) is 5.41 Å². The Hall–Kier alpha value is -2.19. The van der Waals surface area contributed by atoms with Crippen LogP contribution in [0.1, 0.15) is 6.42 Å². The number of imidazole rings is 1. The van der Waals surface area contributed by atoms with E-state index in [0.29, 0.717) is 17.6 Å². The second-order valence-electron chi connectivity index (χ2n) is 4.72. The highest BCUT2D eigenvalue weighted by atomic mass is 16.3. The van der Waals surface area contributed by atoms with Crippen LogP contribution >= 0.6 is 0 Å². The van der Waals surface area contributed by atoms with Crippen LogP contribution in [0.2, 0.25) is 0 Å². The number of hydrogen-bond donors (Lipinski definition) is 4. The average molecular weight is 262 g/mol. The minimum absolute atomic E-state index is 0.0801. The van der Waals surface area contributed by atoms with Gasteiger partial charge in [0.1, 0.15) is 6.33 Å². The molecule has 3 rings (SSSR count). The maximum Gasteiger partial charge on any atom is 0.224 e. The van der Waals surface area contributed by atoms with E-state index in [1.807, 2.05) is 0 Å². The lowest BCUT2D eigenvalue weighted by Gasteiger charge is -2.05. The van der Waals surface area contributed by atoms with Gasteiger partial charge in [-0.2, -0.15) is 9.97 Å². The Bertz CT molecular complexity index is 673. The smallest absolute Gasteiger partial charge is 0.224 e. The summed E-state index contributed by atoms with van der Waals surface area (Å²) in [7, 11) is 0. The molecule has 8 nitrogen and oxygen atoms in total. The number of fused-ring (bicyclic) bond motifs is 1. The molecule has 2 aromatic heterocycles. The highest BCUT2D eigenvalue weighted by Crippen LogP contribution is 2.51. The number of nitrogens with zero attached hydrogens (tertiary/aromatic N) is 4. The SMILES string of the molecule is Nc1nc(N)c2ncn(/C=C3/CC3(CO)CO)c2n1. The number of aromatic nitrogens is 4. The molecule has 19 heavy (non-hydrogen) atoms. The lowest BCUT2D eigenvalue weighted by atomic mass is 10.1. The van der Waals surface area contributed by atoms with Crippen LogP contribution in [0.15, 0.2) is 11.9 Å². The van der Waals surface area contributed by atoms with Gasteiger partial charge in [0.05, 0.1) is 13.2 Å². The third kappa shape index (κ3) is 1.72. The van der Waals surface area contributed by atoms with Crippen LogP contribution in [-0.4, -0.2) is 42.9 Å². The normalized spacial score (nSPS) is 19.2. The highest BCUT2D eigenvalue weighted by Gasteiger charge is 2.48. The summed E-state index contributed by atoms with van der Waals surface area (Å²) in [6.45, 7) is -0.164. The molecule has 0 unspecified atom stereocenters. The number of nitrogen functional groups attached to an aromatic ring is 2. The number of nitrogens with two attached hydrogens (primary N) is 2. The summed E-state index contributed by atoms with van der Waals surface area (Å²) in [5.74, 6) is 0.308. The second-order valence-corrected chi connectivity index (χ2v) is 4.72. The van der Waals surface area contributed by atoms with Crippen LogP contribution in [0.5, 0.6) is 0 Å². The third-order valence-electron chi connectivity index (χ3n) is 3.45. The molecule has 0 saturated heterocycles. The van der Waals surface area contributed by atoms with Crippen molar-refractivity contribution < 1.29 is 10.2 Å². The lowest BCUT2D eigenvalue weighted by Crippen LogP contribution is -2.12. The zero-order valence-corrected chi connectivity index (χ0v) is 10.1. The van der Waals surface area contributed by atoms with Gasteiger partial charge in [-0.25, -0.2) is 4.98 Å². The predicted octanol–water partition coefficient (Wildman–Crippen LogP) is -0.794. The van der Waals surface area contributed by atoms with E-state index in [1.165, 1.54) is 0 Å². The Kier molecular flexibility index (Phi) is 2.44. The fourth-order valence-corrected chi connectivity index (χ4v) is 2.09. The van der Waals surface area contributed by atoms with Gasteiger partial charge in [-0.05, 0) is 12.0 Å². The zero-order valence-electron chi connectivity index (χ0n) is 10.1. The molecule has 1 fully saturated rings. The Morgan fingerprint density at radius 3 is 2.68 bits per heavy atom. The molecule has 2 aromatic rings. The largest absolute Gasteiger partial charge is 0.395 e. The zero-order chi connectivity index (χ0) is 13.6. The van der Waals surface area contributed by atoms with Gasteiger partial charge in [0.25, 0.3) is 0 Å². The summed E-state index contributed by atoms with van der Waals surface area (Å²) in [5, 5.41) is 18.5. The first kappa shape index (κ1) is 11.9. The van der Waals surface area contributed by atoms with E-state index in [0.717, 1.165) is 5.57 Å². The van der Waals surface area contributed by atoms with Crippen molar-refractivity contribution in [3.05, 3.63) is 11.9 Å². The molecule has 1 aliphatic carbocycles. The molecule has 0 radical (unpaired) electrons. The van der Waals surface area contributed by atoms with Gasteiger partial charge in [0.2, 0.25) is 5.95 Å². The van der Waals surface area contributed by atoms with E-state index < -0.39 is 5.41 Å². The molecule has 2 heterocycles. The fourth-order valence-electron chi connectivity index (χ4n) is 2.09. The standard InChI is InChI=1S/C11H14N6O2/c12-8-7-9(16-10(13)15-8)17(5-14-7)2-6-1-11(6,3-18)4-19/h2,5,18-19H,1,3-4H2,(H4,12,13,15,16)/b6-2-. The molecule has 1 aliphatic rings. The molecule has 0 bridgehead atoms. The lowest BCUT2D eigenvalue weighted by molar-refractivity contribution is 0.143. The van der Waals surface area contributed by atoms with Crippen LogP contribution in [-0.2, 0) is 0 Å². The number of rotatable bonds is 3. The molecule has 0 aromatic carbocycles. The number of hydrogen-bond acceptors (Lipinski definition) is 7. The molecule has 8 heteroatoms. The van der Waals surface area contributed by atoms with Crippen LogP contribution in [0.25, 0.3) is 17.4 Å². The van der Waals surface area contributed by atoms with Gasteiger partial charge in [-0.3, -0.25) is 4.57 Å². The van der Waals surface area contributed by atoms with E-state index in [1.54, 1.807) is 17.1 Å². The van der Waals surface area contributed by atoms with Crippen molar-refractivity contribution in [2.75, 3.05) is 24.7 Å². The minimum Gasteiger partial charge on any atom is -0.395 e. The fraction of sp³-hybridized carbons (Fsp3) is 0.364. The first-order valence-electron chi connectivity index (χ1n) is 5.78. The highest BCUT2D eigenvalue weighted by molar-refractivity contribution is 5.84. The quantitative estimate of drug-likeness (QED) is 0.568. The Morgan fingerprint density at radius 2 is 2.05 bits per heavy atom. The number of aliphatic hydroxyl groups excluding tert-OH is 2. The Balaban J connectivity index is 2.06. The Morgan fingerprint density at radius 1 is 1.32 bits per heavy atom. The van der Waals surface area contributed by atoms with Crippen LogP contribution in [0.3, 0.4) is 0 Å². The molecule has 1 saturated carbocycles. The van der Waals surface area contributed by atoms with E-state index >= 15 is 0 Å². The summed E-state index contributed by atoms with van der Waals surface area (Å²) in [6, 6.07) is 0. The van der Waals surface area contributed by atoms with Crippen molar-refractivity contribution in [1.82, 2.24) is 19.5 Å². The topological polar surface area (TPSA) is 136 Å². The average Bonchev–Trinajstić information content (AvgIpc) is 2.94. The van der Waals surface area contributed by atoms with Gasteiger partial charge < -0.3 is 21.7 Å². The number of anilines is 2. The molecule has 0 spiro atoms. The van der Waals surface area contributed by atoms with Crippen LogP contribution in [0.4, 0.5) is 11.8 Å². The van der Waals surface area contributed by atoms with Gasteiger partial charge in [-0.15, -0.1) is 0 Å². The van der Waals surface area contributed by atoms with E-state index in [2.05, 4.69) is 15.0 Å². The van der Waals surface area contributed by atoms with Gasteiger partial charge in [0.15, 0.2) is 17.0 Å². The molecule has 0 amide bonds. The Labute approximate surface area is 108 Å². The summed E-state index contributed by atoms with van der Waals surface area (Å²) in [4.78, 5) is 12.1. The van der Waals surface area contributed by atoms with Crippen LogP contribution in [0, 0.1) is 5.41 Å². The van der Waals surface area contributed by atoms with Crippen molar-refractivity contribution in [3.8, 4) is 0 Å². The summed E-state index contributed by atoms with van der Waals surface area (Å²) in [6.07, 6.45) is 3.99. The van der Waals surface area contributed by atoms with E-state index in [9.17, 15) is 10.2 Å². The maximum absolute atomic E-state index is 9.27. The van der Waals surface area contributed by atoms with Crippen molar-refractivity contribution in [3.63, 3.8) is 0 Å². The summed E-state index contributed by atoms with van der Waals surface area (Å²) in [5.41, 5.74) is 12.7. The van der Waals surface area contributed by atoms with Gasteiger partial charge >= 0.3 is 0 Å². The van der Waals surface area contributed by atoms with Crippen molar-refractivity contribution >= 4 is 29.1 Å². The van der Waals surface area contributed by atoms with Crippen LogP contribution < -0.4 is 11.5 Å². The van der Waals surface area contributed by atoms with Gasteiger partial charge in [0, 0.05) is 11.6 Å². The molecule has 0 atom stereocenters. The first-order chi connectivity index (χ1) is 9.09. The van der Waals surface area contributed by atoms with E-state index in [-0.39, 0.29) is 25.0 Å². The number of aliphatic hydroxyl groups is 2. The minimum atomic E-state index is -0.513. The molecule has 6 N–H and O–H groups in total. The first-order valence-corrected chi connectivity index (χ1v) is 5.78. The van der Waals surface area contributed by atoms with Crippen molar-refractivity contribution in [1.29, 1.82) is 0 Å². The molecular formula is C11H14N6O2. The summed E-state index contributed by atoms with van der Waals surface area (Å²) < 4.78 is 1.67. The second kappa shape index (κ2) is 3.90. The monoisotopic (exact) mass is 262 g/mol. The summed E-state index contributed by atoms with van der Waals surface area (Å²) >= 11 is 0. The van der Waals surface area contributed by atoms with Crippen molar-refractivity contribution in [2.45, 2.75) is 6.42 Å².